The largest absolute Gasteiger partial charge is 0.366 e. The van der Waals surface area contributed by atoms with Gasteiger partial charge in [-0.25, -0.2) is 0 Å². The molecule has 26 heavy (non-hydrogen) atoms. The van der Waals surface area contributed by atoms with Crippen LogP contribution < -0.4 is 22.1 Å². The molecule has 0 aliphatic heterocycles. The van der Waals surface area contributed by atoms with E-state index in [0.717, 1.165) is 0 Å². The van der Waals surface area contributed by atoms with Crippen molar-refractivity contribution in [3.8, 4) is 0 Å². The van der Waals surface area contributed by atoms with Gasteiger partial charge in [0.25, 0.3) is 0 Å². The molecule has 6 N–H and O–H groups in total. The van der Waals surface area contributed by atoms with Crippen molar-refractivity contribution < 1.29 is 19.2 Å². The van der Waals surface area contributed by atoms with Crippen LogP contribution in [0.3, 0.4) is 0 Å². The van der Waals surface area contributed by atoms with Gasteiger partial charge in [0.1, 0.15) is 0 Å². The molecule has 0 aliphatic carbocycles. The number of nitrogens with two attached hydrogens (primary N) is 2. The lowest BCUT2D eigenvalue weighted by Crippen LogP contribution is -2.18. The summed E-state index contributed by atoms with van der Waals surface area (Å²) in [6.07, 6.45) is -0.107. The lowest BCUT2D eigenvalue weighted by atomic mass is 10.1. The van der Waals surface area contributed by atoms with Crippen molar-refractivity contribution in [2.45, 2.75) is 12.8 Å². The molecular weight excluding hydrogens is 336 g/mol. The molecule has 8 heteroatoms. The highest BCUT2D eigenvalue weighted by atomic mass is 16.2. The van der Waals surface area contributed by atoms with Crippen LogP contribution in [-0.2, 0) is 9.59 Å². The molecule has 0 saturated carbocycles. The number of anilines is 2. The average Bonchev–Trinajstić information content (AvgIpc) is 2.60. The topological polar surface area (TPSA) is 144 Å². The number of benzene rings is 2. The van der Waals surface area contributed by atoms with E-state index >= 15 is 0 Å². The van der Waals surface area contributed by atoms with Crippen molar-refractivity contribution >= 4 is 35.0 Å². The Labute approximate surface area is 149 Å². The van der Waals surface area contributed by atoms with E-state index in [1.165, 1.54) is 24.3 Å². The Kier molecular flexibility index (Phi) is 6.05. The van der Waals surface area contributed by atoms with Gasteiger partial charge in [0.2, 0.25) is 23.6 Å². The molecule has 134 valence electrons. The summed E-state index contributed by atoms with van der Waals surface area (Å²) in [6.45, 7) is 0. The molecule has 0 aliphatic rings. The third kappa shape index (κ3) is 5.45. The molecule has 0 saturated heterocycles. The highest BCUT2D eigenvalue weighted by Crippen LogP contribution is 2.12. The van der Waals surface area contributed by atoms with Gasteiger partial charge in [-0.05, 0) is 36.4 Å². The number of primary amides is 2. The number of hydrogen-bond donors (Lipinski definition) is 4. The van der Waals surface area contributed by atoms with Crippen LogP contribution in [0.5, 0.6) is 0 Å². The average molecular weight is 354 g/mol. The summed E-state index contributed by atoms with van der Waals surface area (Å²) in [4.78, 5) is 46.1. The Morgan fingerprint density at radius 3 is 1.42 bits per heavy atom. The van der Waals surface area contributed by atoms with Gasteiger partial charge in [0, 0.05) is 35.3 Å². The fourth-order valence-electron chi connectivity index (χ4n) is 2.17. The molecule has 0 atom stereocenters. The van der Waals surface area contributed by atoms with Crippen molar-refractivity contribution in [1.29, 1.82) is 0 Å². The Balaban J connectivity index is 1.86. The summed E-state index contributed by atoms with van der Waals surface area (Å²) < 4.78 is 0. The monoisotopic (exact) mass is 354 g/mol. The van der Waals surface area contributed by atoms with Crippen molar-refractivity contribution in [2.24, 2.45) is 11.5 Å². The summed E-state index contributed by atoms with van der Waals surface area (Å²) in [7, 11) is 0. The minimum Gasteiger partial charge on any atom is -0.366 e. The van der Waals surface area contributed by atoms with Gasteiger partial charge in [0.05, 0.1) is 0 Å². The van der Waals surface area contributed by atoms with Crippen LogP contribution in [-0.4, -0.2) is 23.6 Å². The number of carbonyl (C=O) groups is 4. The minimum atomic E-state index is -0.598. The molecule has 4 amide bonds. The van der Waals surface area contributed by atoms with E-state index in [-0.39, 0.29) is 35.8 Å². The van der Waals surface area contributed by atoms with E-state index in [1.54, 1.807) is 24.3 Å². The number of rotatable bonds is 7. The summed E-state index contributed by atoms with van der Waals surface area (Å²) in [5.74, 6) is -1.96. The Hall–Kier alpha value is -3.68. The molecular formula is C18H18N4O4. The molecule has 2 aromatic rings. The first kappa shape index (κ1) is 18.7. The normalized spacial score (nSPS) is 10.0. The second-order valence-electron chi connectivity index (χ2n) is 5.49. The summed E-state index contributed by atoms with van der Waals surface area (Å²) in [6, 6.07) is 12.4. The molecule has 0 heterocycles. The van der Waals surface area contributed by atoms with Gasteiger partial charge < -0.3 is 22.1 Å². The van der Waals surface area contributed by atoms with Gasteiger partial charge in [0.15, 0.2) is 0 Å². The van der Waals surface area contributed by atoms with E-state index in [1.807, 2.05) is 0 Å². The molecule has 0 aromatic heterocycles. The SMILES string of the molecule is NC(=O)c1cccc(NC(=O)CCC(=O)Nc2cccc(C(N)=O)c2)c1. The van der Waals surface area contributed by atoms with Crippen LogP contribution in [0.25, 0.3) is 0 Å². The van der Waals surface area contributed by atoms with E-state index in [4.69, 9.17) is 11.5 Å². The standard InChI is InChI=1S/C18H18N4O4/c19-17(25)11-3-1-5-13(9-11)21-15(23)7-8-16(24)22-14-6-2-4-12(10-14)18(20)26/h1-6,9-10H,7-8H2,(H2,19,25)(H2,20,26)(H,21,23)(H,22,24). The predicted octanol–water partition coefficient (Wildman–Crippen LogP) is 1.24. The van der Waals surface area contributed by atoms with Gasteiger partial charge in [-0.15, -0.1) is 0 Å². The molecule has 2 aromatic carbocycles. The Morgan fingerprint density at radius 2 is 1.08 bits per heavy atom. The van der Waals surface area contributed by atoms with Crippen LogP contribution in [0.4, 0.5) is 11.4 Å². The van der Waals surface area contributed by atoms with Gasteiger partial charge in [-0.3, -0.25) is 19.2 Å². The first-order valence-corrected chi connectivity index (χ1v) is 7.74. The minimum absolute atomic E-state index is 0.0534. The second-order valence-corrected chi connectivity index (χ2v) is 5.49. The quantitative estimate of drug-likeness (QED) is 0.593. The van der Waals surface area contributed by atoms with Crippen molar-refractivity contribution in [2.75, 3.05) is 10.6 Å². The van der Waals surface area contributed by atoms with E-state index < -0.39 is 11.8 Å². The number of hydrogen-bond acceptors (Lipinski definition) is 4. The Bertz CT molecular complexity index is 792. The van der Waals surface area contributed by atoms with Crippen LogP contribution >= 0.6 is 0 Å². The Morgan fingerprint density at radius 1 is 0.692 bits per heavy atom. The number of nitrogens with one attached hydrogen (secondary N) is 2. The maximum Gasteiger partial charge on any atom is 0.248 e. The van der Waals surface area contributed by atoms with Gasteiger partial charge in [-0.1, -0.05) is 12.1 Å². The van der Waals surface area contributed by atoms with Crippen LogP contribution in [0.1, 0.15) is 33.6 Å². The lowest BCUT2D eigenvalue weighted by molar-refractivity contribution is -0.121. The van der Waals surface area contributed by atoms with Crippen molar-refractivity contribution in [3.05, 3.63) is 59.7 Å². The highest BCUT2D eigenvalue weighted by molar-refractivity contribution is 5.99. The lowest BCUT2D eigenvalue weighted by Gasteiger charge is -2.08. The molecule has 0 unspecified atom stereocenters. The zero-order chi connectivity index (χ0) is 19.1. The molecule has 0 spiro atoms. The first-order valence-electron chi connectivity index (χ1n) is 7.74. The highest BCUT2D eigenvalue weighted by Gasteiger charge is 2.10. The van der Waals surface area contributed by atoms with E-state index in [0.29, 0.717) is 11.4 Å². The zero-order valence-electron chi connectivity index (χ0n) is 13.8. The fourth-order valence-corrected chi connectivity index (χ4v) is 2.17. The molecule has 0 fully saturated rings. The molecule has 8 nitrogen and oxygen atoms in total. The third-order valence-electron chi connectivity index (χ3n) is 3.44. The van der Waals surface area contributed by atoms with Gasteiger partial charge >= 0.3 is 0 Å². The molecule has 0 radical (unpaired) electrons. The van der Waals surface area contributed by atoms with E-state index in [9.17, 15) is 19.2 Å². The summed E-state index contributed by atoms with van der Waals surface area (Å²) >= 11 is 0. The third-order valence-corrected chi connectivity index (χ3v) is 3.44. The summed E-state index contributed by atoms with van der Waals surface area (Å²) in [5.41, 5.74) is 11.7. The molecule has 0 bridgehead atoms. The number of carbonyl (C=O) groups excluding carboxylic acids is 4. The second kappa shape index (κ2) is 8.43. The molecule has 2 rings (SSSR count). The maximum atomic E-state index is 11.9. The summed E-state index contributed by atoms with van der Waals surface area (Å²) in [5, 5.41) is 5.19. The van der Waals surface area contributed by atoms with Gasteiger partial charge in [-0.2, -0.15) is 0 Å². The van der Waals surface area contributed by atoms with Crippen LogP contribution in [0.15, 0.2) is 48.5 Å². The fraction of sp³-hybridized carbons (Fsp3) is 0.111. The smallest absolute Gasteiger partial charge is 0.248 e. The maximum absolute atomic E-state index is 11.9. The van der Waals surface area contributed by atoms with E-state index in [2.05, 4.69) is 10.6 Å². The van der Waals surface area contributed by atoms with Crippen molar-refractivity contribution in [1.82, 2.24) is 0 Å². The first-order chi connectivity index (χ1) is 12.3. The van der Waals surface area contributed by atoms with Crippen LogP contribution in [0.2, 0.25) is 0 Å². The predicted molar refractivity (Wildman–Crippen MR) is 96.4 cm³/mol. The zero-order valence-corrected chi connectivity index (χ0v) is 13.8. The van der Waals surface area contributed by atoms with Crippen LogP contribution in [0, 0.1) is 0 Å². The number of amides is 4. The van der Waals surface area contributed by atoms with Crippen molar-refractivity contribution in [3.63, 3.8) is 0 Å².